The molecule has 0 radical (unpaired) electrons. The van der Waals surface area contributed by atoms with Gasteiger partial charge in [-0.05, 0) is 43.2 Å². The summed E-state index contributed by atoms with van der Waals surface area (Å²) in [6, 6.07) is 18.2. The normalized spacial score (nSPS) is 20.8. The smallest absolute Gasteiger partial charge is 0.202 e. The van der Waals surface area contributed by atoms with Crippen molar-refractivity contribution in [3.8, 4) is 0 Å². The van der Waals surface area contributed by atoms with Crippen molar-refractivity contribution in [3.05, 3.63) is 77.7 Å². The van der Waals surface area contributed by atoms with Gasteiger partial charge >= 0.3 is 0 Å². The average Bonchev–Trinajstić information content (AvgIpc) is 3.25. The highest BCUT2D eigenvalue weighted by molar-refractivity contribution is 6.09. The van der Waals surface area contributed by atoms with Gasteiger partial charge in [-0.15, -0.1) is 0 Å². The number of fused-ring (bicyclic) bond motifs is 2. The Labute approximate surface area is 167 Å². The molecule has 29 heavy (non-hydrogen) atoms. The zero-order chi connectivity index (χ0) is 19.4. The minimum atomic E-state index is -1.07. The lowest BCUT2D eigenvalue weighted by Gasteiger charge is -2.32. The number of benzene rings is 2. The molecule has 1 aliphatic heterocycles. The molecule has 1 saturated carbocycles. The Morgan fingerprint density at radius 3 is 2.86 bits per heavy atom. The van der Waals surface area contributed by atoms with Gasteiger partial charge in [-0.3, -0.25) is 10.8 Å². The molecular formula is C22H21N7. The lowest BCUT2D eigenvalue weighted by Crippen LogP contribution is -2.44. The van der Waals surface area contributed by atoms with E-state index in [2.05, 4.69) is 31.9 Å². The molecule has 0 saturated heterocycles. The summed E-state index contributed by atoms with van der Waals surface area (Å²) >= 11 is 0. The number of anilines is 2. The minimum Gasteiger partial charge on any atom is -0.361 e. The van der Waals surface area contributed by atoms with Crippen LogP contribution in [-0.2, 0) is 5.66 Å². The van der Waals surface area contributed by atoms with Crippen LogP contribution in [0.25, 0.3) is 10.9 Å². The number of aromatic amines is 2. The Hall–Kier alpha value is -3.58. The molecule has 0 amide bonds. The molecule has 3 heterocycles. The van der Waals surface area contributed by atoms with Gasteiger partial charge in [-0.25, -0.2) is 4.99 Å². The van der Waals surface area contributed by atoms with Crippen molar-refractivity contribution < 1.29 is 0 Å². The van der Waals surface area contributed by atoms with Crippen LogP contribution < -0.4 is 16.4 Å². The number of para-hydroxylation sites is 1. The van der Waals surface area contributed by atoms with Gasteiger partial charge in [-0.1, -0.05) is 24.3 Å². The van der Waals surface area contributed by atoms with Crippen LogP contribution in [0.2, 0.25) is 0 Å². The number of H-pyrrole nitrogens is 2. The maximum absolute atomic E-state index is 6.91. The molecule has 144 valence electrons. The van der Waals surface area contributed by atoms with E-state index in [0.717, 1.165) is 39.2 Å². The summed E-state index contributed by atoms with van der Waals surface area (Å²) < 4.78 is 0. The van der Waals surface area contributed by atoms with Crippen LogP contribution >= 0.6 is 0 Å². The SMILES string of the molecule is NC1(c2cc(C3CC3)[nH]n2)N=C(Nc2cccc3[nH]ccc23)Nc2ccccc21. The van der Waals surface area contributed by atoms with Gasteiger partial charge in [0.25, 0.3) is 0 Å². The van der Waals surface area contributed by atoms with Crippen LogP contribution in [0.5, 0.6) is 0 Å². The molecule has 1 fully saturated rings. The van der Waals surface area contributed by atoms with Gasteiger partial charge in [0, 0.05) is 40.0 Å². The first-order valence-electron chi connectivity index (χ1n) is 9.85. The van der Waals surface area contributed by atoms with Gasteiger partial charge in [0.05, 0.1) is 5.69 Å². The predicted octanol–water partition coefficient (Wildman–Crippen LogP) is 3.82. The molecule has 4 aromatic rings. The Morgan fingerprint density at radius 2 is 1.97 bits per heavy atom. The van der Waals surface area contributed by atoms with E-state index in [1.54, 1.807) is 0 Å². The first kappa shape index (κ1) is 16.4. The number of aliphatic imine (C=N–C) groups is 1. The summed E-state index contributed by atoms with van der Waals surface area (Å²) in [4.78, 5) is 8.12. The lowest BCUT2D eigenvalue weighted by atomic mass is 9.94. The first-order chi connectivity index (χ1) is 14.2. The van der Waals surface area contributed by atoms with Crippen LogP contribution in [0.1, 0.15) is 35.7 Å². The fourth-order valence-electron chi connectivity index (χ4n) is 4.03. The van der Waals surface area contributed by atoms with E-state index in [4.69, 9.17) is 10.7 Å². The second kappa shape index (κ2) is 5.96. The second-order valence-corrected chi connectivity index (χ2v) is 7.75. The van der Waals surface area contributed by atoms with E-state index in [9.17, 15) is 0 Å². The highest BCUT2D eigenvalue weighted by Crippen LogP contribution is 2.42. The Bertz CT molecular complexity index is 1250. The van der Waals surface area contributed by atoms with Crippen LogP contribution in [-0.4, -0.2) is 21.1 Å². The van der Waals surface area contributed by atoms with Crippen LogP contribution in [0.15, 0.2) is 65.8 Å². The lowest BCUT2D eigenvalue weighted by molar-refractivity contribution is 0.547. The van der Waals surface area contributed by atoms with Gasteiger partial charge in [-0.2, -0.15) is 5.10 Å². The van der Waals surface area contributed by atoms with Crippen molar-refractivity contribution >= 4 is 28.2 Å². The molecule has 6 rings (SSSR count). The summed E-state index contributed by atoms with van der Waals surface area (Å²) in [5.74, 6) is 1.17. The number of guanidine groups is 1. The van der Waals surface area contributed by atoms with E-state index >= 15 is 0 Å². The molecule has 1 unspecified atom stereocenters. The van der Waals surface area contributed by atoms with Crippen LogP contribution in [0, 0.1) is 0 Å². The van der Waals surface area contributed by atoms with Gasteiger partial charge in [0.2, 0.25) is 5.96 Å². The summed E-state index contributed by atoms with van der Waals surface area (Å²) in [7, 11) is 0. The van der Waals surface area contributed by atoms with E-state index < -0.39 is 5.66 Å². The number of aromatic nitrogens is 3. The summed E-state index contributed by atoms with van der Waals surface area (Å²) in [5, 5.41) is 15.6. The summed E-state index contributed by atoms with van der Waals surface area (Å²) in [6.45, 7) is 0. The third-order valence-electron chi connectivity index (χ3n) is 5.73. The highest BCUT2D eigenvalue weighted by Gasteiger charge is 2.39. The summed E-state index contributed by atoms with van der Waals surface area (Å²) in [5.41, 5.74) is 11.5. The molecule has 7 heteroatoms. The predicted molar refractivity (Wildman–Crippen MR) is 115 cm³/mol. The average molecular weight is 383 g/mol. The van der Waals surface area contributed by atoms with Gasteiger partial charge in [0.1, 0.15) is 5.69 Å². The van der Waals surface area contributed by atoms with Crippen molar-refractivity contribution in [2.45, 2.75) is 24.4 Å². The third kappa shape index (κ3) is 2.62. The maximum Gasteiger partial charge on any atom is 0.202 e. The number of rotatable bonds is 3. The molecule has 2 aromatic heterocycles. The second-order valence-electron chi connectivity index (χ2n) is 7.75. The van der Waals surface area contributed by atoms with E-state index in [1.165, 1.54) is 12.8 Å². The maximum atomic E-state index is 6.91. The molecular weight excluding hydrogens is 362 g/mol. The van der Waals surface area contributed by atoms with Gasteiger partial charge < -0.3 is 15.6 Å². The molecule has 0 bridgehead atoms. The molecule has 7 nitrogen and oxygen atoms in total. The monoisotopic (exact) mass is 383 g/mol. The van der Waals surface area contributed by atoms with E-state index in [0.29, 0.717) is 11.9 Å². The molecule has 1 aliphatic carbocycles. The fourth-order valence-corrected chi connectivity index (χ4v) is 4.03. The van der Waals surface area contributed by atoms with Crippen molar-refractivity contribution in [2.24, 2.45) is 10.7 Å². The fraction of sp³-hybridized carbons (Fsp3) is 0.182. The first-order valence-corrected chi connectivity index (χ1v) is 9.85. The largest absolute Gasteiger partial charge is 0.361 e. The van der Waals surface area contributed by atoms with Crippen LogP contribution in [0.4, 0.5) is 11.4 Å². The Balaban J connectivity index is 1.44. The van der Waals surface area contributed by atoms with Crippen LogP contribution in [0.3, 0.4) is 0 Å². The highest BCUT2D eigenvalue weighted by atomic mass is 15.3. The zero-order valence-corrected chi connectivity index (χ0v) is 15.7. The number of hydrogen-bond donors (Lipinski definition) is 5. The van der Waals surface area contributed by atoms with E-state index in [-0.39, 0.29) is 0 Å². The number of hydrogen-bond acceptors (Lipinski definition) is 5. The molecule has 2 aromatic carbocycles. The quantitative estimate of drug-likeness (QED) is 0.371. The van der Waals surface area contributed by atoms with Gasteiger partial charge in [0.15, 0.2) is 5.66 Å². The standard InChI is InChI=1S/C22H21N7/c23-22(20-12-19(28-29-20)13-8-9-13)15-4-1-2-5-18(15)26-21(27-22)25-17-7-3-6-16-14(17)10-11-24-16/h1-7,10-13,24H,8-9,23H2,(H,28,29)(H2,25,26,27). The number of nitrogens with two attached hydrogens (primary N) is 1. The molecule has 0 spiro atoms. The van der Waals surface area contributed by atoms with E-state index in [1.807, 2.05) is 54.7 Å². The van der Waals surface area contributed by atoms with Crippen molar-refractivity contribution in [2.75, 3.05) is 10.6 Å². The van der Waals surface area contributed by atoms with Crippen molar-refractivity contribution in [1.82, 2.24) is 15.2 Å². The Kier molecular flexibility index (Phi) is 3.36. The van der Waals surface area contributed by atoms with Crippen molar-refractivity contribution in [1.29, 1.82) is 0 Å². The zero-order valence-electron chi connectivity index (χ0n) is 15.7. The molecule has 2 aliphatic rings. The third-order valence-corrected chi connectivity index (χ3v) is 5.73. The topological polar surface area (TPSA) is 107 Å². The Morgan fingerprint density at radius 1 is 1.07 bits per heavy atom. The van der Waals surface area contributed by atoms with Crippen molar-refractivity contribution in [3.63, 3.8) is 0 Å². The molecule has 1 atom stereocenters. The number of nitrogens with zero attached hydrogens (tertiary/aromatic N) is 2. The minimum absolute atomic E-state index is 0.574. The number of nitrogens with one attached hydrogen (secondary N) is 4. The molecule has 6 N–H and O–H groups in total. The summed E-state index contributed by atoms with van der Waals surface area (Å²) in [6.07, 6.45) is 4.33.